The minimum absolute atomic E-state index is 0.0506. The third-order valence-corrected chi connectivity index (χ3v) is 5.66. The monoisotopic (exact) mass is 457 g/mol. The van der Waals surface area contributed by atoms with E-state index in [1.807, 2.05) is 51.1 Å². The number of anilines is 1. The fourth-order valence-corrected chi connectivity index (χ4v) is 3.42. The van der Waals surface area contributed by atoms with Crippen molar-refractivity contribution in [2.45, 2.75) is 33.6 Å². The third-order valence-electron chi connectivity index (χ3n) is 5.66. The van der Waals surface area contributed by atoms with Crippen LogP contribution in [0.1, 0.15) is 28.9 Å². The number of aromatic nitrogens is 4. The molecular formula is C26H27N5O3. The number of nitrogens with zero attached hydrogens (tertiary/aromatic N) is 4. The molecule has 1 N–H and O–H groups in total. The van der Waals surface area contributed by atoms with Gasteiger partial charge in [0.05, 0.1) is 12.8 Å². The Hall–Kier alpha value is -4.20. The average molecular weight is 458 g/mol. The highest BCUT2D eigenvalue weighted by Crippen LogP contribution is 2.22. The molecule has 0 atom stereocenters. The Bertz CT molecular complexity index is 1260. The van der Waals surface area contributed by atoms with Crippen LogP contribution in [0.4, 0.5) is 5.69 Å². The Balaban J connectivity index is 1.30. The Morgan fingerprint density at radius 2 is 1.62 bits per heavy atom. The van der Waals surface area contributed by atoms with Gasteiger partial charge in [0.25, 0.3) is 0 Å². The van der Waals surface area contributed by atoms with E-state index in [-0.39, 0.29) is 5.91 Å². The first kappa shape index (κ1) is 23.0. The van der Waals surface area contributed by atoms with E-state index in [1.165, 1.54) is 0 Å². The molecule has 174 valence electrons. The summed E-state index contributed by atoms with van der Waals surface area (Å²) >= 11 is 0. The van der Waals surface area contributed by atoms with Gasteiger partial charge in [-0.05, 0) is 80.8 Å². The van der Waals surface area contributed by atoms with Crippen LogP contribution in [0.25, 0.3) is 5.82 Å². The summed E-state index contributed by atoms with van der Waals surface area (Å²) in [7, 11) is 1.63. The van der Waals surface area contributed by atoms with E-state index < -0.39 is 0 Å². The topological polar surface area (TPSA) is 91.2 Å². The lowest BCUT2D eigenvalue weighted by Gasteiger charge is -2.08. The van der Waals surface area contributed by atoms with Gasteiger partial charge < -0.3 is 14.8 Å². The van der Waals surface area contributed by atoms with Crippen LogP contribution in [0.5, 0.6) is 17.4 Å². The molecule has 8 nitrogen and oxygen atoms in total. The number of aryl methyl sites for hydroxylation is 2. The summed E-state index contributed by atoms with van der Waals surface area (Å²) in [5.74, 6) is 2.35. The van der Waals surface area contributed by atoms with Gasteiger partial charge in [-0.3, -0.25) is 4.79 Å². The van der Waals surface area contributed by atoms with Crippen LogP contribution in [0.2, 0.25) is 0 Å². The number of benzene rings is 2. The summed E-state index contributed by atoms with van der Waals surface area (Å²) in [5.41, 5.74) is 4.91. The van der Waals surface area contributed by atoms with Crippen molar-refractivity contribution in [1.82, 2.24) is 20.0 Å². The molecule has 0 aliphatic carbocycles. The predicted molar refractivity (Wildman–Crippen MR) is 130 cm³/mol. The van der Waals surface area contributed by atoms with Gasteiger partial charge in [-0.2, -0.15) is 5.10 Å². The number of amides is 1. The first-order chi connectivity index (χ1) is 16.4. The largest absolute Gasteiger partial charge is 0.497 e. The molecule has 0 radical (unpaired) electrons. The second-order valence-corrected chi connectivity index (χ2v) is 7.96. The van der Waals surface area contributed by atoms with Crippen LogP contribution in [0.3, 0.4) is 0 Å². The highest BCUT2D eigenvalue weighted by Gasteiger charge is 2.11. The van der Waals surface area contributed by atoms with Crippen molar-refractivity contribution >= 4 is 11.6 Å². The minimum Gasteiger partial charge on any atom is -0.497 e. The van der Waals surface area contributed by atoms with Gasteiger partial charge in [-0.25, -0.2) is 4.68 Å². The van der Waals surface area contributed by atoms with Gasteiger partial charge in [0, 0.05) is 23.9 Å². The second kappa shape index (κ2) is 10.2. The highest BCUT2D eigenvalue weighted by molar-refractivity contribution is 5.90. The maximum absolute atomic E-state index is 12.3. The van der Waals surface area contributed by atoms with Crippen LogP contribution in [0, 0.1) is 20.8 Å². The number of ether oxygens (including phenoxy) is 2. The van der Waals surface area contributed by atoms with Crippen LogP contribution in [-0.2, 0) is 11.2 Å². The van der Waals surface area contributed by atoms with Crippen molar-refractivity contribution in [3.8, 4) is 23.2 Å². The molecule has 0 bridgehead atoms. The average Bonchev–Trinajstić information content (AvgIpc) is 3.12. The maximum Gasteiger partial charge on any atom is 0.238 e. The molecule has 34 heavy (non-hydrogen) atoms. The Kier molecular flexibility index (Phi) is 6.87. The SMILES string of the molecule is COc1ccc(CCC(=O)Nc2ccc(Oc3ccc(-n4nc(C)c(C)c4C)nn3)cc2)cc1. The summed E-state index contributed by atoms with van der Waals surface area (Å²) in [6.45, 7) is 6.00. The number of rotatable bonds is 8. The second-order valence-electron chi connectivity index (χ2n) is 7.96. The molecule has 2 aromatic heterocycles. The highest BCUT2D eigenvalue weighted by atomic mass is 16.5. The predicted octanol–water partition coefficient (Wildman–Crippen LogP) is 4.96. The van der Waals surface area contributed by atoms with Gasteiger partial charge >= 0.3 is 0 Å². The smallest absolute Gasteiger partial charge is 0.238 e. The molecule has 0 fully saturated rings. The molecule has 2 heterocycles. The molecule has 0 unspecified atom stereocenters. The molecule has 2 aromatic carbocycles. The van der Waals surface area contributed by atoms with Crippen molar-refractivity contribution in [2.75, 3.05) is 12.4 Å². The quantitative estimate of drug-likeness (QED) is 0.402. The van der Waals surface area contributed by atoms with E-state index in [4.69, 9.17) is 9.47 Å². The molecule has 8 heteroatoms. The Morgan fingerprint density at radius 3 is 2.21 bits per heavy atom. The standard InChI is InChI=1S/C26H27N5O3/c1-17-18(2)30-31(19(17)3)24-14-16-26(29-28-24)34-23-12-8-21(9-13-23)27-25(32)15-7-20-5-10-22(33-4)11-6-20/h5-6,8-14,16H,7,15H2,1-4H3,(H,27,32). The number of nitrogens with one attached hydrogen (secondary N) is 1. The summed E-state index contributed by atoms with van der Waals surface area (Å²) in [6, 6.07) is 18.4. The summed E-state index contributed by atoms with van der Waals surface area (Å²) in [4.78, 5) is 12.3. The first-order valence-corrected chi connectivity index (χ1v) is 11.0. The van der Waals surface area contributed by atoms with Gasteiger partial charge in [-0.1, -0.05) is 12.1 Å². The zero-order chi connectivity index (χ0) is 24.1. The van der Waals surface area contributed by atoms with E-state index in [1.54, 1.807) is 42.1 Å². The number of hydrogen-bond donors (Lipinski definition) is 1. The maximum atomic E-state index is 12.3. The number of carbonyl (C=O) groups is 1. The normalized spacial score (nSPS) is 10.7. The lowest BCUT2D eigenvalue weighted by Crippen LogP contribution is -2.12. The molecule has 0 aliphatic heterocycles. The van der Waals surface area contributed by atoms with Crippen LogP contribution in [0.15, 0.2) is 60.7 Å². The molecule has 0 aliphatic rings. The molecule has 4 rings (SSSR count). The molecule has 0 saturated carbocycles. The van der Waals surface area contributed by atoms with Crippen LogP contribution >= 0.6 is 0 Å². The van der Waals surface area contributed by atoms with Gasteiger partial charge in [0.15, 0.2) is 5.82 Å². The first-order valence-electron chi connectivity index (χ1n) is 11.0. The fraction of sp³-hybridized carbons (Fsp3) is 0.231. The summed E-state index contributed by atoms with van der Waals surface area (Å²) in [6.07, 6.45) is 1.05. The van der Waals surface area contributed by atoms with Crippen molar-refractivity contribution in [2.24, 2.45) is 0 Å². The van der Waals surface area contributed by atoms with Gasteiger partial charge in [0.2, 0.25) is 11.8 Å². The third kappa shape index (κ3) is 5.40. The Morgan fingerprint density at radius 1 is 0.912 bits per heavy atom. The van der Waals surface area contributed by atoms with E-state index in [9.17, 15) is 4.79 Å². The number of methoxy groups -OCH3 is 1. The fourth-order valence-electron chi connectivity index (χ4n) is 3.42. The minimum atomic E-state index is -0.0506. The van der Waals surface area contributed by atoms with Gasteiger partial charge in [0.1, 0.15) is 11.5 Å². The van der Waals surface area contributed by atoms with E-state index in [0.29, 0.717) is 36.0 Å². The molecule has 0 saturated heterocycles. The van der Waals surface area contributed by atoms with E-state index in [0.717, 1.165) is 28.3 Å². The van der Waals surface area contributed by atoms with Crippen molar-refractivity contribution in [3.05, 3.63) is 83.2 Å². The molecule has 0 spiro atoms. The van der Waals surface area contributed by atoms with E-state index >= 15 is 0 Å². The lowest BCUT2D eigenvalue weighted by molar-refractivity contribution is -0.116. The number of hydrogen-bond acceptors (Lipinski definition) is 6. The summed E-state index contributed by atoms with van der Waals surface area (Å²) in [5, 5.41) is 15.8. The summed E-state index contributed by atoms with van der Waals surface area (Å²) < 4.78 is 12.7. The Labute approximate surface area is 198 Å². The van der Waals surface area contributed by atoms with Crippen molar-refractivity contribution in [3.63, 3.8) is 0 Å². The zero-order valence-electron chi connectivity index (χ0n) is 19.7. The van der Waals surface area contributed by atoms with E-state index in [2.05, 4.69) is 20.6 Å². The lowest BCUT2D eigenvalue weighted by atomic mass is 10.1. The zero-order valence-corrected chi connectivity index (χ0v) is 19.7. The molecule has 1 amide bonds. The van der Waals surface area contributed by atoms with Crippen LogP contribution < -0.4 is 14.8 Å². The van der Waals surface area contributed by atoms with Gasteiger partial charge in [-0.15, -0.1) is 10.2 Å². The molecule has 4 aromatic rings. The van der Waals surface area contributed by atoms with Crippen molar-refractivity contribution < 1.29 is 14.3 Å². The van der Waals surface area contributed by atoms with Crippen LogP contribution in [-0.4, -0.2) is 33.0 Å². The molecular weight excluding hydrogens is 430 g/mol. The number of carbonyl (C=O) groups excluding carboxylic acids is 1. The van der Waals surface area contributed by atoms with Crippen molar-refractivity contribution in [1.29, 1.82) is 0 Å².